The number of methoxy groups -OCH3 is 2. The number of benzene rings is 2. The van der Waals surface area contributed by atoms with Crippen LogP contribution in [0.5, 0.6) is 11.5 Å². The Morgan fingerprint density at radius 2 is 1.72 bits per heavy atom. The predicted octanol–water partition coefficient (Wildman–Crippen LogP) is 2.55. The van der Waals surface area contributed by atoms with Crippen molar-refractivity contribution in [1.29, 1.82) is 0 Å². The average molecular weight is 367 g/mol. The van der Waals surface area contributed by atoms with Gasteiger partial charge < -0.3 is 9.47 Å². The van der Waals surface area contributed by atoms with Crippen LogP contribution in [0.1, 0.15) is 11.1 Å². The zero-order valence-electron chi connectivity index (χ0n) is 14.3. The summed E-state index contributed by atoms with van der Waals surface area (Å²) < 4.78 is 50.6. The zero-order chi connectivity index (χ0) is 18.3. The van der Waals surface area contributed by atoms with E-state index < -0.39 is 10.0 Å². The highest BCUT2D eigenvalue weighted by Crippen LogP contribution is 2.27. The smallest absolute Gasteiger partial charge is 0.211 e. The van der Waals surface area contributed by atoms with E-state index in [-0.39, 0.29) is 24.5 Å². The molecule has 1 N–H and O–H groups in total. The van der Waals surface area contributed by atoms with Gasteiger partial charge in [0.25, 0.3) is 0 Å². The van der Waals surface area contributed by atoms with Crippen LogP contribution in [0, 0.1) is 5.82 Å². The summed E-state index contributed by atoms with van der Waals surface area (Å²) in [6.45, 7) is 0.259. The van der Waals surface area contributed by atoms with Crippen LogP contribution in [0.3, 0.4) is 0 Å². The summed E-state index contributed by atoms with van der Waals surface area (Å²) in [5, 5.41) is 0. The van der Waals surface area contributed by atoms with Crippen LogP contribution in [0.25, 0.3) is 0 Å². The molecule has 0 fully saturated rings. The molecule has 0 radical (unpaired) electrons. The first-order valence-corrected chi connectivity index (χ1v) is 9.52. The van der Waals surface area contributed by atoms with Crippen LogP contribution in [0.4, 0.5) is 4.39 Å². The molecule has 0 aliphatic heterocycles. The minimum atomic E-state index is -3.47. The lowest BCUT2D eigenvalue weighted by atomic mass is 10.1. The highest BCUT2D eigenvalue weighted by molar-refractivity contribution is 7.89. The van der Waals surface area contributed by atoms with Gasteiger partial charge in [-0.1, -0.05) is 24.3 Å². The molecule has 0 aliphatic rings. The number of hydrogen-bond acceptors (Lipinski definition) is 4. The van der Waals surface area contributed by atoms with Crippen LogP contribution in [0.2, 0.25) is 0 Å². The van der Waals surface area contributed by atoms with Gasteiger partial charge in [0, 0.05) is 6.54 Å². The molecule has 0 aromatic heterocycles. The second-order valence-electron chi connectivity index (χ2n) is 5.49. The third kappa shape index (κ3) is 5.72. The van der Waals surface area contributed by atoms with E-state index in [1.807, 2.05) is 12.1 Å². The molecule has 5 nitrogen and oxygen atoms in total. The van der Waals surface area contributed by atoms with Crippen molar-refractivity contribution < 1.29 is 22.3 Å². The van der Waals surface area contributed by atoms with Crippen LogP contribution in [0.15, 0.2) is 42.5 Å². The summed E-state index contributed by atoms with van der Waals surface area (Å²) in [5.74, 6) is 0.682. The zero-order valence-corrected chi connectivity index (χ0v) is 15.1. The number of rotatable bonds is 9. The monoisotopic (exact) mass is 367 g/mol. The van der Waals surface area contributed by atoms with Gasteiger partial charge in [0.05, 0.1) is 20.0 Å². The van der Waals surface area contributed by atoms with Gasteiger partial charge in [0.1, 0.15) is 5.82 Å². The van der Waals surface area contributed by atoms with Gasteiger partial charge in [-0.3, -0.25) is 0 Å². The molecule has 0 spiro atoms. The van der Waals surface area contributed by atoms with Gasteiger partial charge in [-0.05, 0) is 42.2 Å². The van der Waals surface area contributed by atoms with Gasteiger partial charge in [-0.25, -0.2) is 17.5 Å². The van der Waals surface area contributed by atoms with E-state index in [0.29, 0.717) is 23.5 Å². The minimum absolute atomic E-state index is 0.137. The summed E-state index contributed by atoms with van der Waals surface area (Å²) in [4.78, 5) is 0. The lowest BCUT2D eigenvalue weighted by Gasteiger charge is -2.10. The van der Waals surface area contributed by atoms with E-state index in [1.165, 1.54) is 6.07 Å². The summed E-state index contributed by atoms with van der Waals surface area (Å²) in [6.07, 6.45) is 0.650. The van der Waals surface area contributed by atoms with Gasteiger partial charge in [0.15, 0.2) is 11.5 Å². The van der Waals surface area contributed by atoms with Crippen molar-refractivity contribution in [1.82, 2.24) is 4.72 Å². The number of sulfonamides is 1. The standard InChI is InChI=1S/C18H22FNO4S/c1-23-17-8-7-14(13-18(17)24-2)9-11-20-25(21,22)12-10-15-5-3-4-6-16(15)19/h3-8,13,20H,9-12H2,1-2H3. The fraction of sp³-hybridized carbons (Fsp3) is 0.333. The van der Waals surface area contributed by atoms with Crippen molar-refractivity contribution >= 4 is 10.0 Å². The average Bonchev–Trinajstić information content (AvgIpc) is 2.60. The van der Waals surface area contributed by atoms with Crippen LogP contribution < -0.4 is 14.2 Å². The Bertz CT molecular complexity index is 808. The maximum atomic E-state index is 13.5. The second-order valence-corrected chi connectivity index (χ2v) is 7.42. The molecule has 2 aromatic carbocycles. The van der Waals surface area contributed by atoms with Gasteiger partial charge in [-0.2, -0.15) is 0 Å². The van der Waals surface area contributed by atoms with Gasteiger partial charge >= 0.3 is 0 Å². The largest absolute Gasteiger partial charge is 0.493 e. The Morgan fingerprint density at radius 1 is 1.00 bits per heavy atom. The minimum Gasteiger partial charge on any atom is -0.493 e. The van der Waals surface area contributed by atoms with Crippen LogP contribution in [-0.2, 0) is 22.9 Å². The third-order valence-electron chi connectivity index (χ3n) is 3.78. The molecule has 0 bridgehead atoms. The molecule has 136 valence electrons. The maximum Gasteiger partial charge on any atom is 0.211 e. The molecule has 25 heavy (non-hydrogen) atoms. The number of aryl methyl sites for hydroxylation is 1. The van der Waals surface area contributed by atoms with Crippen molar-refractivity contribution in [2.45, 2.75) is 12.8 Å². The molecule has 2 aromatic rings. The number of ether oxygens (including phenoxy) is 2. The van der Waals surface area contributed by atoms with Crippen molar-refractivity contribution in [3.63, 3.8) is 0 Å². The first-order chi connectivity index (χ1) is 11.9. The number of halogens is 1. The number of nitrogens with one attached hydrogen (secondary N) is 1. The Morgan fingerprint density at radius 3 is 2.40 bits per heavy atom. The fourth-order valence-corrected chi connectivity index (χ4v) is 3.45. The molecule has 0 amide bonds. The molecule has 0 heterocycles. The molecule has 0 saturated heterocycles. The Hall–Kier alpha value is -2.12. The topological polar surface area (TPSA) is 64.6 Å². The highest BCUT2D eigenvalue weighted by Gasteiger charge is 2.12. The normalized spacial score (nSPS) is 11.3. The van der Waals surface area contributed by atoms with Crippen LogP contribution >= 0.6 is 0 Å². The quantitative estimate of drug-likeness (QED) is 0.740. The third-order valence-corrected chi connectivity index (χ3v) is 5.17. The SMILES string of the molecule is COc1ccc(CCNS(=O)(=O)CCc2ccccc2F)cc1OC. The van der Waals surface area contributed by atoms with Crippen molar-refractivity contribution in [2.75, 3.05) is 26.5 Å². The molecule has 2 rings (SSSR count). The second kappa shape index (κ2) is 8.82. The Kier molecular flexibility index (Phi) is 6.78. The van der Waals surface area contributed by atoms with Crippen molar-refractivity contribution in [3.05, 3.63) is 59.4 Å². The molecule has 0 atom stereocenters. The van der Waals surface area contributed by atoms with E-state index in [0.717, 1.165) is 5.56 Å². The summed E-state index contributed by atoms with van der Waals surface area (Å²) in [5.41, 5.74) is 1.32. The van der Waals surface area contributed by atoms with E-state index >= 15 is 0 Å². The van der Waals surface area contributed by atoms with Gasteiger partial charge in [-0.15, -0.1) is 0 Å². The van der Waals surface area contributed by atoms with E-state index in [2.05, 4.69) is 4.72 Å². The van der Waals surface area contributed by atoms with Crippen molar-refractivity contribution in [3.8, 4) is 11.5 Å². The summed E-state index contributed by atoms with van der Waals surface area (Å²) in [6, 6.07) is 11.6. The van der Waals surface area contributed by atoms with E-state index in [9.17, 15) is 12.8 Å². The molecule has 0 saturated carbocycles. The first kappa shape index (κ1) is 19.2. The summed E-state index contributed by atoms with van der Waals surface area (Å²) >= 11 is 0. The van der Waals surface area contributed by atoms with E-state index in [4.69, 9.17) is 9.47 Å². The molecular formula is C18H22FNO4S. The van der Waals surface area contributed by atoms with Gasteiger partial charge in [0.2, 0.25) is 10.0 Å². The molecular weight excluding hydrogens is 345 g/mol. The fourth-order valence-electron chi connectivity index (χ4n) is 2.40. The van der Waals surface area contributed by atoms with E-state index in [1.54, 1.807) is 38.5 Å². The van der Waals surface area contributed by atoms with Crippen molar-refractivity contribution in [2.24, 2.45) is 0 Å². The first-order valence-electron chi connectivity index (χ1n) is 7.87. The summed E-state index contributed by atoms with van der Waals surface area (Å²) in [7, 11) is -0.362. The molecule has 7 heteroatoms. The van der Waals surface area contributed by atoms with Crippen LogP contribution in [-0.4, -0.2) is 34.9 Å². The molecule has 0 unspecified atom stereocenters. The highest BCUT2D eigenvalue weighted by atomic mass is 32.2. The maximum absolute atomic E-state index is 13.5. The Labute approximate surface area is 147 Å². The number of hydrogen-bond donors (Lipinski definition) is 1. The lowest BCUT2D eigenvalue weighted by molar-refractivity contribution is 0.354. The lowest BCUT2D eigenvalue weighted by Crippen LogP contribution is -2.29. The Balaban J connectivity index is 1.87. The predicted molar refractivity (Wildman–Crippen MR) is 95.1 cm³/mol. The molecule has 0 aliphatic carbocycles.